The van der Waals surface area contributed by atoms with Crippen LogP contribution in [0.1, 0.15) is 17.3 Å². The van der Waals surface area contributed by atoms with Gasteiger partial charge < -0.3 is 15.6 Å². The van der Waals surface area contributed by atoms with E-state index in [0.717, 1.165) is 0 Å². The Bertz CT molecular complexity index is 731. The maximum Gasteiger partial charge on any atom is 0.307 e. The monoisotopic (exact) mass is 306 g/mol. The Morgan fingerprint density at radius 2 is 2.32 bits per heavy atom. The van der Waals surface area contributed by atoms with Gasteiger partial charge in [-0.2, -0.15) is 4.98 Å². The van der Waals surface area contributed by atoms with Crippen LogP contribution >= 0.6 is 0 Å². The fourth-order valence-corrected chi connectivity index (χ4v) is 2.85. The molecule has 3 N–H and O–H groups in total. The molecule has 1 aliphatic heterocycles. The summed E-state index contributed by atoms with van der Waals surface area (Å²) >= 11 is 0. The molecule has 8 heteroatoms. The summed E-state index contributed by atoms with van der Waals surface area (Å²) in [6, 6.07) is 4.42. The highest BCUT2D eigenvalue weighted by Gasteiger charge is 2.37. The molecule has 0 amide bonds. The van der Waals surface area contributed by atoms with Crippen molar-refractivity contribution in [1.82, 2.24) is 14.8 Å². The van der Waals surface area contributed by atoms with E-state index in [9.17, 15) is 14.3 Å². The average molecular weight is 306 g/mol. The number of benzene rings is 1. The van der Waals surface area contributed by atoms with Crippen LogP contribution in [0.15, 0.2) is 18.2 Å². The van der Waals surface area contributed by atoms with Crippen LogP contribution in [0.3, 0.4) is 0 Å². The van der Waals surface area contributed by atoms with Crippen molar-refractivity contribution in [2.24, 2.45) is 5.92 Å². The number of methoxy groups -OCH3 is 1. The van der Waals surface area contributed by atoms with Crippen LogP contribution in [0.2, 0.25) is 0 Å². The number of carboxylic acid groups (broad SMARTS) is 1. The molecule has 2 heterocycles. The topological polar surface area (TPSA) is 103 Å². The minimum atomic E-state index is -0.993. The van der Waals surface area contributed by atoms with Crippen molar-refractivity contribution in [3.63, 3.8) is 0 Å². The van der Waals surface area contributed by atoms with E-state index in [2.05, 4.69) is 10.1 Å². The molecule has 2 unspecified atom stereocenters. The molecule has 3 rings (SSSR count). The van der Waals surface area contributed by atoms with Gasteiger partial charge in [-0.1, -0.05) is 6.07 Å². The number of fused-ring (bicyclic) bond motifs is 1. The number of aromatic nitrogens is 3. The molecular formula is C14H15FN4O3. The minimum absolute atomic E-state index is 0.0926. The van der Waals surface area contributed by atoms with E-state index in [-0.39, 0.29) is 18.9 Å². The summed E-state index contributed by atoms with van der Waals surface area (Å²) in [5.41, 5.74) is 5.88. The lowest BCUT2D eigenvalue weighted by Gasteiger charge is -2.29. The SMILES string of the molecule is COc1ccc(C2Cn3nc(N)nc3CC2C(=O)O)c(F)c1. The highest BCUT2D eigenvalue weighted by Crippen LogP contribution is 2.36. The van der Waals surface area contributed by atoms with Crippen LogP contribution in [-0.4, -0.2) is 33.0 Å². The van der Waals surface area contributed by atoms with Gasteiger partial charge in [0.1, 0.15) is 17.4 Å². The fraction of sp³-hybridized carbons (Fsp3) is 0.357. The summed E-state index contributed by atoms with van der Waals surface area (Å²) in [6.07, 6.45) is 0.162. The largest absolute Gasteiger partial charge is 0.497 e. The minimum Gasteiger partial charge on any atom is -0.497 e. The summed E-state index contributed by atoms with van der Waals surface area (Å²) < 4.78 is 20.8. The Morgan fingerprint density at radius 3 is 2.95 bits per heavy atom. The lowest BCUT2D eigenvalue weighted by atomic mass is 9.81. The number of hydrogen-bond donors (Lipinski definition) is 2. The Morgan fingerprint density at radius 1 is 1.55 bits per heavy atom. The van der Waals surface area contributed by atoms with E-state index in [4.69, 9.17) is 10.5 Å². The van der Waals surface area contributed by atoms with Crippen molar-refractivity contribution in [1.29, 1.82) is 0 Å². The summed E-state index contributed by atoms with van der Waals surface area (Å²) in [7, 11) is 1.44. The summed E-state index contributed by atoms with van der Waals surface area (Å²) in [5.74, 6) is -1.82. The predicted molar refractivity (Wildman–Crippen MR) is 75.0 cm³/mol. The van der Waals surface area contributed by atoms with Gasteiger partial charge in [-0.15, -0.1) is 5.10 Å². The standard InChI is InChI=1S/C14H15FN4O3/c1-22-7-2-3-8(11(15)4-7)10-6-19-12(17-14(16)18-19)5-9(10)13(20)21/h2-4,9-10H,5-6H2,1H3,(H2,16,18)(H,20,21). The van der Waals surface area contributed by atoms with Gasteiger partial charge >= 0.3 is 5.97 Å². The second-order valence-corrected chi connectivity index (χ2v) is 5.21. The number of rotatable bonds is 3. The molecule has 1 aliphatic rings. The van der Waals surface area contributed by atoms with E-state index in [1.54, 1.807) is 16.8 Å². The number of carbonyl (C=O) groups is 1. The van der Waals surface area contributed by atoms with Crippen molar-refractivity contribution in [3.05, 3.63) is 35.4 Å². The van der Waals surface area contributed by atoms with Crippen molar-refractivity contribution < 1.29 is 19.0 Å². The molecule has 0 bridgehead atoms. The zero-order valence-electron chi connectivity index (χ0n) is 11.9. The molecule has 1 aromatic heterocycles. The quantitative estimate of drug-likeness (QED) is 0.878. The van der Waals surface area contributed by atoms with Gasteiger partial charge in [0.2, 0.25) is 5.95 Å². The molecule has 2 atom stereocenters. The molecule has 0 radical (unpaired) electrons. The third-order valence-corrected chi connectivity index (χ3v) is 3.95. The lowest BCUT2D eigenvalue weighted by Crippen LogP contribution is -2.34. The number of ether oxygens (including phenoxy) is 1. The number of anilines is 1. The number of hydrogen-bond acceptors (Lipinski definition) is 5. The Hall–Kier alpha value is -2.64. The van der Waals surface area contributed by atoms with Crippen molar-refractivity contribution in [3.8, 4) is 5.75 Å². The van der Waals surface area contributed by atoms with Crippen LogP contribution in [0.4, 0.5) is 10.3 Å². The highest BCUT2D eigenvalue weighted by molar-refractivity contribution is 5.72. The van der Waals surface area contributed by atoms with E-state index in [0.29, 0.717) is 17.1 Å². The Balaban J connectivity index is 2.02. The first-order valence-electron chi connectivity index (χ1n) is 6.75. The van der Waals surface area contributed by atoms with Crippen LogP contribution in [0.25, 0.3) is 0 Å². The molecule has 0 fully saturated rings. The Labute approximate surface area is 125 Å². The average Bonchev–Trinajstić information content (AvgIpc) is 2.84. The second kappa shape index (κ2) is 5.28. The zero-order valence-corrected chi connectivity index (χ0v) is 11.9. The lowest BCUT2D eigenvalue weighted by molar-refractivity contribution is -0.143. The molecule has 1 aromatic carbocycles. The first-order chi connectivity index (χ1) is 10.5. The third kappa shape index (κ3) is 2.36. The molecule has 116 valence electrons. The molecule has 7 nitrogen and oxygen atoms in total. The van der Waals surface area contributed by atoms with Gasteiger partial charge in [-0.05, 0) is 11.6 Å². The van der Waals surface area contributed by atoms with E-state index in [1.165, 1.54) is 13.2 Å². The number of halogens is 1. The van der Waals surface area contributed by atoms with Gasteiger partial charge in [0.05, 0.1) is 19.6 Å². The smallest absolute Gasteiger partial charge is 0.307 e. The van der Waals surface area contributed by atoms with Gasteiger partial charge in [-0.25, -0.2) is 9.07 Å². The maximum absolute atomic E-state index is 14.3. The predicted octanol–water partition coefficient (Wildman–Crippen LogP) is 1.05. The molecule has 0 saturated heterocycles. The molecule has 0 aliphatic carbocycles. The van der Waals surface area contributed by atoms with Gasteiger partial charge in [0.15, 0.2) is 0 Å². The number of nitrogens with zero attached hydrogens (tertiary/aromatic N) is 3. The van der Waals surface area contributed by atoms with Crippen molar-refractivity contribution >= 4 is 11.9 Å². The first-order valence-corrected chi connectivity index (χ1v) is 6.75. The van der Waals surface area contributed by atoms with Gasteiger partial charge in [-0.3, -0.25) is 4.79 Å². The van der Waals surface area contributed by atoms with Gasteiger partial charge in [0, 0.05) is 18.4 Å². The number of aliphatic carboxylic acids is 1. The van der Waals surface area contributed by atoms with Crippen LogP contribution in [0.5, 0.6) is 5.75 Å². The summed E-state index contributed by atoms with van der Waals surface area (Å²) in [6.45, 7) is 0.222. The van der Waals surface area contributed by atoms with E-state index >= 15 is 0 Å². The maximum atomic E-state index is 14.3. The number of carboxylic acids is 1. The number of nitrogens with two attached hydrogens (primary N) is 1. The summed E-state index contributed by atoms with van der Waals surface area (Å²) in [4.78, 5) is 15.6. The van der Waals surface area contributed by atoms with Crippen LogP contribution in [-0.2, 0) is 17.8 Å². The fourth-order valence-electron chi connectivity index (χ4n) is 2.85. The van der Waals surface area contributed by atoms with Crippen LogP contribution < -0.4 is 10.5 Å². The second-order valence-electron chi connectivity index (χ2n) is 5.21. The molecule has 22 heavy (non-hydrogen) atoms. The van der Waals surface area contributed by atoms with E-state index in [1.807, 2.05) is 0 Å². The molecule has 2 aromatic rings. The van der Waals surface area contributed by atoms with Gasteiger partial charge in [0.25, 0.3) is 0 Å². The van der Waals surface area contributed by atoms with E-state index < -0.39 is 23.6 Å². The molecular weight excluding hydrogens is 291 g/mol. The summed E-state index contributed by atoms with van der Waals surface area (Å²) in [5, 5.41) is 13.5. The number of nitrogen functional groups attached to an aromatic ring is 1. The van der Waals surface area contributed by atoms with Crippen LogP contribution in [0, 0.1) is 11.7 Å². The van der Waals surface area contributed by atoms with Crippen molar-refractivity contribution in [2.45, 2.75) is 18.9 Å². The Kier molecular flexibility index (Phi) is 3.44. The first kappa shape index (κ1) is 14.3. The highest BCUT2D eigenvalue weighted by atomic mass is 19.1. The molecule has 0 spiro atoms. The third-order valence-electron chi connectivity index (χ3n) is 3.95. The normalized spacial score (nSPS) is 20.5. The van der Waals surface area contributed by atoms with Crippen molar-refractivity contribution in [2.75, 3.05) is 12.8 Å². The zero-order chi connectivity index (χ0) is 15.9. The molecule has 0 saturated carbocycles.